The fourth-order valence-corrected chi connectivity index (χ4v) is 1.09. The van der Waals surface area contributed by atoms with Gasteiger partial charge in [0.15, 0.2) is 0 Å². The lowest BCUT2D eigenvalue weighted by molar-refractivity contribution is 0.0527. The molecule has 1 aromatic rings. The number of ether oxygens (including phenoxy) is 1. The predicted molar refractivity (Wildman–Crippen MR) is 49.6 cm³/mol. The number of aromatic nitrogens is 1. The van der Waals surface area contributed by atoms with Gasteiger partial charge in [-0.1, -0.05) is 11.6 Å². The lowest BCUT2D eigenvalue weighted by Gasteiger charge is -2.05. The topological polar surface area (TPSA) is 65.2 Å². The molecule has 0 saturated carbocycles. The SMILES string of the molecule is CCOC(=O)c1c(Cl)ccnc1N. The van der Waals surface area contributed by atoms with Crippen LogP contribution in [0.4, 0.5) is 5.82 Å². The van der Waals surface area contributed by atoms with Gasteiger partial charge < -0.3 is 10.5 Å². The van der Waals surface area contributed by atoms with E-state index in [1.807, 2.05) is 0 Å². The van der Waals surface area contributed by atoms with Crippen molar-refractivity contribution in [2.24, 2.45) is 0 Å². The van der Waals surface area contributed by atoms with E-state index in [4.69, 9.17) is 22.1 Å². The molecule has 0 aliphatic heterocycles. The standard InChI is InChI=1S/C8H9ClN2O2/c1-2-13-8(12)6-5(9)3-4-11-7(6)10/h3-4H,2H2,1H3,(H2,10,11). The molecule has 0 atom stereocenters. The smallest absolute Gasteiger partial charge is 0.343 e. The molecule has 4 nitrogen and oxygen atoms in total. The third-order valence-corrected chi connectivity index (χ3v) is 1.72. The minimum absolute atomic E-state index is 0.0888. The molecule has 0 aliphatic rings. The number of nitrogens with zero attached hydrogens (tertiary/aromatic N) is 1. The van der Waals surface area contributed by atoms with Crippen LogP contribution in [0, 0.1) is 0 Å². The van der Waals surface area contributed by atoms with Gasteiger partial charge in [-0.15, -0.1) is 0 Å². The first kappa shape index (κ1) is 9.80. The van der Waals surface area contributed by atoms with Gasteiger partial charge in [0.1, 0.15) is 11.4 Å². The van der Waals surface area contributed by atoms with Crippen LogP contribution in [-0.4, -0.2) is 17.6 Å². The molecule has 0 spiro atoms. The highest BCUT2D eigenvalue weighted by molar-refractivity contribution is 6.34. The van der Waals surface area contributed by atoms with Crippen molar-refractivity contribution in [3.63, 3.8) is 0 Å². The van der Waals surface area contributed by atoms with Gasteiger partial charge in [0.25, 0.3) is 0 Å². The Hall–Kier alpha value is -1.29. The van der Waals surface area contributed by atoms with Crippen molar-refractivity contribution in [1.82, 2.24) is 4.98 Å². The van der Waals surface area contributed by atoms with Gasteiger partial charge in [-0.2, -0.15) is 0 Å². The minimum Gasteiger partial charge on any atom is -0.462 e. The van der Waals surface area contributed by atoms with Gasteiger partial charge in [-0.3, -0.25) is 0 Å². The summed E-state index contributed by atoms with van der Waals surface area (Å²) in [6.45, 7) is 1.99. The summed E-state index contributed by atoms with van der Waals surface area (Å²) in [6.07, 6.45) is 1.43. The number of nitrogens with two attached hydrogens (primary N) is 1. The largest absolute Gasteiger partial charge is 0.462 e. The third-order valence-electron chi connectivity index (χ3n) is 1.41. The highest BCUT2D eigenvalue weighted by Gasteiger charge is 2.15. The van der Waals surface area contributed by atoms with Crippen LogP contribution in [0.5, 0.6) is 0 Å². The molecule has 0 unspecified atom stereocenters. The minimum atomic E-state index is -0.543. The normalized spacial score (nSPS) is 9.69. The summed E-state index contributed by atoms with van der Waals surface area (Å²) in [5, 5.41) is 0.256. The number of pyridine rings is 1. The van der Waals surface area contributed by atoms with E-state index in [0.717, 1.165) is 0 Å². The summed E-state index contributed by atoms with van der Waals surface area (Å²) in [5.74, 6) is -0.455. The third kappa shape index (κ3) is 2.09. The molecule has 1 aromatic heterocycles. The molecule has 1 heterocycles. The van der Waals surface area contributed by atoms with Crippen molar-refractivity contribution in [2.45, 2.75) is 6.92 Å². The molecule has 0 saturated heterocycles. The second kappa shape index (κ2) is 4.09. The number of anilines is 1. The maximum atomic E-state index is 11.3. The van der Waals surface area contributed by atoms with Crippen LogP contribution in [0.3, 0.4) is 0 Å². The zero-order valence-corrected chi connectivity index (χ0v) is 7.84. The summed E-state index contributed by atoms with van der Waals surface area (Å²) in [6, 6.07) is 1.49. The van der Waals surface area contributed by atoms with Crippen LogP contribution in [0.2, 0.25) is 5.02 Å². The molecular formula is C8H9ClN2O2. The zero-order chi connectivity index (χ0) is 9.84. The van der Waals surface area contributed by atoms with Gasteiger partial charge in [0.2, 0.25) is 0 Å². The molecule has 1 rings (SSSR count). The quantitative estimate of drug-likeness (QED) is 0.735. The Balaban J connectivity index is 3.05. The maximum Gasteiger partial charge on any atom is 0.343 e. The molecule has 0 fully saturated rings. The Kier molecular flexibility index (Phi) is 3.08. The van der Waals surface area contributed by atoms with Crippen LogP contribution in [0.25, 0.3) is 0 Å². The molecule has 2 N–H and O–H groups in total. The van der Waals surface area contributed by atoms with Crippen molar-refractivity contribution >= 4 is 23.4 Å². The highest BCUT2D eigenvalue weighted by Crippen LogP contribution is 2.20. The lowest BCUT2D eigenvalue weighted by atomic mass is 10.2. The van der Waals surface area contributed by atoms with Gasteiger partial charge in [-0.25, -0.2) is 9.78 Å². The number of hydrogen-bond acceptors (Lipinski definition) is 4. The average Bonchev–Trinajstić information content (AvgIpc) is 2.04. The number of rotatable bonds is 2. The fraction of sp³-hybridized carbons (Fsp3) is 0.250. The van der Waals surface area contributed by atoms with Crippen molar-refractivity contribution in [3.05, 3.63) is 22.8 Å². The summed E-state index contributed by atoms with van der Waals surface area (Å²) >= 11 is 5.74. The number of hydrogen-bond donors (Lipinski definition) is 1. The first-order valence-corrected chi connectivity index (χ1v) is 4.11. The average molecular weight is 201 g/mol. The van der Waals surface area contributed by atoms with E-state index in [1.54, 1.807) is 6.92 Å². The van der Waals surface area contributed by atoms with E-state index in [-0.39, 0.29) is 23.0 Å². The Bertz CT molecular complexity index is 308. The summed E-state index contributed by atoms with van der Waals surface area (Å²) < 4.78 is 4.75. The van der Waals surface area contributed by atoms with Gasteiger partial charge in [0.05, 0.1) is 11.6 Å². The van der Waals surface area contributed by atoms with E-state index in [0.29, 0.717) is 0 Å². The number of carbonyl (C=O) groups excluding carboxylic acids is 1. The van der Waals surface area contributed by atoms with Crippen molar-refractivity contribution in [3.8, 4) is 0 Å². The highest BCUT2D eigenvalue weighted by atomic mass is 35.5. The molecule has 5 heteroatoms. The number of nitrogen functional groups attached to an aromatic ring is 1. The first-order valence-electron chi connectivity index (χ1n) is 3.74. The maximum absolute atomic E-state index is 11.3. The Morgan fingerprint density at radius 2 is 2.46 bits per heavy atom. The van der Waals surface area contributed by atoms with Gasteiger partial charge in [0, 0.05) is 6.20 Å². The summed E-state index contributed by atoms with van der Waals surface area (Å²) in [7, 11) is 0. The second-order valence-corrected chi connectivity index (χ2v) is 2.68. The molecule has 0 aliphatic carbocycles. The Morgan fingerprint density at radius 3 is 3.00 bits per heavy atom. The molecule has 0 radical (unpaired) electrons. The van der Waals surface area contributed by atoms with Gasteiger partial charge in [-0.05, 0) is 13.0 Å². The second-order valence-electron chi connectivity index (χ2n) is 2.27. The van der Waals surface area contributed by atoms with E-state index < -0.39 is 5.97 Å². The van der Waals surface area contributed by atoms with E-state index in [1.165, 1.54) is 12.3 Å². The lowest BCUT2D eigenvalue weighted by Crippen LogP contribution is -2.09. The van der Waals surface area contributed by atoms with E-state index in [9.17, 15) is 4.79 Å². The summed E-state index contributed by atoms with van der Waals surface area (Å²) in [5.41, 5.74) is 5.59. The zero-order valence-electron chi connectivity index (χ0n) is 7.08. The van der Waals surface area contributed by atoms with Crippen LogP contribution >= 0.6 is 11.6 Å². The van der Waals surface area contributed by atoms with E-state index in [2.05, 4.69) is 4.98 Å². The van der Waals surface area contributed by atoms with Crippen LogP contribution in [0.1, 0.15) is 17.3 Å². The first-order chi connectivity index (χ1) is 6.16. The van der Waals surface area contributed by atoms with Crippen LogP contribution < -0.4 is 5.73 Å². The van der Waals surface area contributed by atoms with Crippen LogP contribution in [0.15, 0.2) is 12.3 Å². The van der Waals surface area contributed by atoms with Crippen LogP contribution in [-0.2, 0) is 4.74 Å². The monoisotopic (exact) mass is 200 g/mol. The Labute approximate surface area is 80.7 Å². The van der Waals surface area contributed by atoms with Crippen molar-refractivity contribution < 1.29 is 9.53 Å². The number of esters is 1. The molecule has 0 amide bonds. The Morgan fingerprint density at radius 1 is 1.77 bits per heavy atom. The molecule has 0 bridgehead atoms. The number of carbonyl (C=O) groups is 1. The molecule has 13 heavy (non-hydrogen) atoms. The molecule has 0 aromatic carbocycles. The van der Waals surface area contributed by atoms with E-state index >= 15 is 0 Å². The number of halogens is 1. The summed E-state index contributed by atoms with van der Waals surface area (Å²) in [4.78, 5) is 15.0. The fourth-order valence-electron chi connectivity index (χ4n) is 0.859. The molecular weight excluding hydrogens is 192 g/mol. The predicted octanol–water partition coefficient (Wildman–Crippen LogP) is 1.49. The van der Waals surface area contributed by atoms with Gasteiger partial charge >= 0.3 is 5.97 Å². The molecule has 70 valence electrons. The van der Waals surface area contributed by atoms with Crippen molar-refractivity contribution in [2.75, 3.05) is 12.3 Å². The van der Waals surface area contributed by atoms with Crippen molar-refractivity contribution in [1.29, 1.82) is 0 Å².